The molecule has 14 heteroatoms. The molecule has 1 aliphatic carbocycles. The summed E-state index contributed by atoms with van der Waals surface area (Å²) < 4.78 is 22.1. The zero-order valence-corrected chi connectivity index (χ0v) is 30.7. The molecule has 0 saturated heterocycles. The van der Waals surface area contributed by atoms with Gasteiger partial charge in [0.25, 0.3) is 0 Å². The third-order valence-electron chi connectivity index (χ3n) is 8.07. The molecule has 2 atom stereocenters. The van der Waals surface area contributed by atoms with Gasteiger partial charge in [-0.3, -0.25) is 14.4 Å². The number of aryl methyl sites for hydroxylation is 1. The number of rotatable bonds is 14. The molecule has 0 radical (unpaired) electrons. The van der Waals surface area contributed by atoms with Gasteiger partial charge in [0.2, 0.25) is 23.0 Å². The maximum atomic E-state index is 13.9. The average Bonchev–Trinajstić information content (AvgIpc) is 3.30. The second-order valence-electron chi connectivity index (χ2n) is 11.9. The molecule has 49 heavy (non-hydrogen) atoms. The van der Waals surface area contributed by atoms with E-state index in [0.717, 1.165) is 16.0 Å². The van der Waals surface area contributed by atoms with E-state index >= 15 is 0 Å². The molecule has 2 aromatic carbocycles. The summed E-state index contributed by atoms with van der Waals surface area (Å²) in [6.45, 7) is 5.50. The Morgan fingerprint density at radius 1 is 1.06 bits per heavy atom. The van der Waals surface area contributed by atoms with Gasteiger partial charge in [-0.25, -0.2) is 9.78 Å². The SMILES string of the molecule is COC(=O)c1nc(NC(=O)[C@H](CCSC)Nc2ccc3c(cc2=O)[C@H](NC(C)=O)CCc2cc(OC)c(OC)c(OC)c2-3)sc1CC(C)C. The summed E-state index contributed by atoms with van der Waals surface area (Å²) in [6.07, 6.45) is 4.03. The molecule has 3 N–H and O–H groups in total. The van der Waals surface area contributed by atoms with Crippen molar-refractivity contribution in [1.29, 1.82) is 0 Å². The smallest absolute Gasteiger partial charge is 0.357 e. The van der Waals surface area contributed by atoms with E-state index in [0.29, 0.717) is 59.8 Å². The second-order valence-corrected chi connectivity index (χ2v) is 14.0. The van der Waals surface area contributed by atoms with Gasteiger partial charge in [0.1, 0.15) is 6.04 Å². The highest BCUT2D eigenvalue weighted by atomic mass is 32.2. The molecule has 4 rings (SSSR count). The lowest BCUT2D eigenvalue weighted by atomic mass is 9.95. The first-order chi connectivity index (χ1) is 23.4. The molecule has 0 aliphatic heterocycles. The number of amides is 2. The van der Waals surface area contributed by atoms with Crippen LogP contribution >= 0.6 is 23.1 Å². The fourth-order valence-corrected chi connectivity index (χ4v) is 7.52. The highest BCUT2D eigenvalue weighted by Crippen LogP contribution is 2.50. The predicted molar refractivity (Wildman–Crippen MR) is 194 cm³/mol. The highest BCUT2D eigenvalue weighted by Gasteiger charge is 2.30. The predicted octanol–water partition coefficient (Wildman–Crippen LogP) is 5.48. The lowest BCUT2D eigenvalue weighted by Gasteiger charge is -2.19. The first kappa shape index (κ1) is 37.5. The third-order valence-corrected chi connectivity index (χ3v) is 9.71. The number of hydrogen-bond acceptors (Lipinski definition) is 12. The van der Waals surface area contributed by atoms with Gasteiger partial charge in [-0.1, -0.05) is 19.9 Å². The summed E-state index contributed by atoms with van der Waals surface area (Å²) in [4.78, 5) is 57.5. The molecular weight excluding hydrogens is 669 g/mol. The number of fused-ring (bicyclic) bond motifs is 3. The molecule has 1 aliphatic rings. The Kier molecular flexibility index (Phi) is 12.9. The highest BCUT2D eigenvalue weighted by molar-refractivity contribution is 7.98. The first-order valence-electron chi connectivity index (χ1n) is 15.9. The zero-order valence-electron chi connectivity index (χ0n) is 29.1. The standard InChI is InChI=1S/C35H44N4O8S2/c1-18(2)15-28-30(34(43)47-7)38-35(49-28)39-33(42)25(13-14-48-8)37-24-12-10-21-22(17-26(24)41)23(36-19(3)40)11-9-20-16-27(44-4)31(45-5)32(46-6)29(20)21/h10,12,16-18,23,25H,9,11,13-15H2,1-8H3,(H,36,40)(H,37,41)(H,38,39,42)/t23-,25+/m1/s1. The van der Waals surface area contributed by atoms with Crippen molar-refractivity contribution in [2.24, 2.45) is 5.92 Å². The maximum absolute atomic E-state index is 13.9. The monoisotopic (exact) mass is 712 g/mol. The first-order valence-corrected chi connectivity index (χ1v) is 18.1. The van der Waals surface area contributed by atoms with E-state index in [1.165, 1.54) is 38.5 Å². The lowest BCUT2D eigenvalue weighted by molar-refractivity contribution is -0.120. The average molecular weight is 713 g/mol. The molecule has 12 nitrogen and oxygen atoms in total. The minimum Gasteiger partial charge on any atom is -0.493 e. The van der Waals surface area contributed by atoms with Crippen LogP contribution in [0.3, 0.4) is 0 Å². The van der Waals surface area contributed by atoms with Crippen LogP contribution in [0.15, 0.2) is 29.1 Å². The van der Waals surface area contributed by atoms with Crippen LogP contribution in [0.5, 0.6) is 17.2 Å². The van der Waals surface area contributed by atoms with Crippen molar-refractivity contribution >= 4 is 51.7 Å². The van der Waals surface area contributed by atoms with Gasteiger partial charge in [0.05, 0.1) is 40.2 Å². The fraction of sp³-hybridized carbons (Fsp3) is 0.457. The number of aromatic nitrogens is 1. The Bertz CT molecular complexity index is 1760. The van der Waals surface area contributed by atoms with Crippen molar-refractivity contribution in [3.8, 4) is 28.4 Å². The van der Waals surface area contributed by atoms with Gasteiger partial charge in [-0.15, -0.1) is 11.3 Å². The van der Waals surface area contributed by atoms with E-state index in [9.17, 15) is 19.2 Å². The minimum atomic E-state index is -0.807. The van der Waals surface area contributed by atoms with Crippen LogP contribution in [0.1, 0.15) is 66.1 Å². The summed E-state index contributed by atoms with van der Waals surface area (Å²) in [5, 5.41) is 9.31. The van der Waals surface area contributed by atoms with Gasteiger partial charge in [0.15, 0.2) is 22.3 Å². The molecule has 0 fully saturated rings. The summed E-state index contributed by atoms with van der Waals surface area (Å²) in [6, 6.07) is 5.57. The quantitative estimate of drug-likeness (QED) is 0.182. The molecule has 2 amide bonds. The normalized spacial score (nSPS) is 14.1. The number of ether oxygens (including phenoxy) is 4. The van der Waals surface area contributed by atoms with E-state index in [1.54, 1.807) is 38.1 Å². The molecule has 0 saturated carbocycles. The molecular formula is C35H44N4O8S2. The lowest BCUT2D eigenvalue weighted by Crippen LogP contribution is -2.36. The fourth-order valence-electron chi connectivity index (χ4n) is 5.88. The minimum absolute atomic E-state index is 0.183. The molecule has 0 spiro atoms. The Morgan fingerprint density at radius 2 is 1.80 bits per heavy atom. The van der Waals surface area contributed by atoms with Gasteiger partial charge in [-0.05, 0) is 78.5 Å². The largest absolute Gasteiger partial charge is 0.493 e. The molecule has 1 aromatic heterocycles. The Hall–Kier alpha value is -4.30. The summed E-state index contributed by atoms with van der Waals surface area (Å²) >= 11 is 2.80. The van der Waals surface area contributed by atoms with Crippen molar-refractivity contribution < 1.29 is 33.3 Å². The number of nitrogens with zero attached hydrogens (tertiary/aromatic N) is 1. The van der Waals surface area contributed by atoms with Crippen LogP contribution < -0.4 is 35.6 Å². The maximum Gasteiger partial charge on any atom is 0.357 e. The Morgan fingerprint density at radius 3 is 2.41 bits per heavy atom. The third kappa shape index (κ3) is 8.66. The molecule has 264 valence electrons. The van der Waals surface area contributed by atoms with Crippen LogP contribution in [0, 0.1) is 5.92 Å². The molecule has 3 aromatic rings. The van der Waals surface area contributed by atoms with Crippen molar-refractivity contribution in [2.75, 3.05) is 51.1 Å². The number of anilines is 2. The van der Waals surface area contributed by atoms with Gasteiger partial charge in [0, 0.05) is 17.4 Å². The van der Waals surface area contributed by atoms with Crippen LogP contribution in [-0.4, -0.2) is 69.3 Å². The van der Waals surface area contributed by atoms with Crippen LogP contribution in [-0.2, 0) is 27.2 Å². The summed E-state index contributed by atoms with van der Waals surface area (Å²) in [5.41, 5.74) is 2.94. The Balaban J connectivity index is 1.79. The van der Waals surface area contributed by atoms with Crippen molar-refractivity contribution in [3.63, 3.8) is 0 Å². The number of carbonyl (C=O) groups excluding carboxylic acids is 3. The second kappa shape index (κ2) is 16.9. The van der Waals surface area contributed by atoms with E-state index in [-0.39, 0.29) is 33.8 Å². The number of thiazole rings is 1. The number of thioether (sulfide) groups is 1. The van der Waals surface area contributed by atoms with Gasteiger partial charge < -0.3 is 34.9 Å². The summed E-state index contributed by atoms with van der Waals surface area (Å²) in [5.74, 6) is 1.04. The topological polar surface area (TPSA) is 154 Å². The van der Waals surface area contributed by atoms with Crippen LogP contribution in [0.4, 0.5) is 10.8 Å². The number of methoxy groups -OCH3 is 4. The molecule has 0 unspecified atom stereocenters. The number of carbonyl (C=O) groups is 3. The van der Waals surface area contributed by atoms with E-state index < -0.39 is 24.0 Å². The number of hydrogen-bond donors (Lipinski definition) is 3. The van der Waals surface area contributed by atoms with Gasteiger partial charge in [-0.2, -0.15) is 11.8 Å². The number of esters is 1. The van der Waals surface area contributed by atoms with E-state index in [1.807, 2.05) is 26.2 Å². The molecule has 0 bridgehead atoms. The van der Waals surface area contributed by atoms with E-state index in [2.05, 4.69) is 20.9 Å². The van der Waals surface area contributed by atoms with Crippen LogP contribution in [0.25, 0.3) is 11.1 Å². The summed E-state index contributed by atoms with van der Waals surface area (Å²) in [7, 11) is 5.92. The Labute approximate surface area is 294 Å². The van der Waals surface area contributed by atoms with Crippen molar-refractivity contribution in [2.45, 2.75) is 58.5 Å². The molecule has 1 heterocycles. The van der Waals surface area contributed by atoms with Gasteiger partial charge >= 0.3 is 5.97 Å². The number of benzene rings is 1. The zero-order chi connectivity index (χ0) is 35.8. The number of nitrogens with one attached hydrogen (secondary N) is 3. The van der Waals surface area contributed by atoms with Crippen LogP contribution in [0.2, 0.25) is 0 Å². The van der Waals surface area contributed by atoms with Crippen molar-refractivity contribution in [1.82, 2.24) is 10.3 Å². The van der Waals surface area contributed by atoms with E-state index in [4.69, 9.17) is 18.9 Å². The van der Waals surface area contributed by atoms with Crippen molar-refractivity contribution in [3.05, 3.63) is 56.2 Å².